The third kappa shape index (κ3) is 3.57. The molecular formula is C21H17ClF2N4O5S. The fourth-order valence-electron chi connectivity index (χ4n) is 4.29. The molecule has 0 saturated heterocycles. The highest BCUT2D eigenvalue weighted by Crippen LogP contribution is 2.44. The molecule has 1 saturated carbocycles. The zero-order chi connectivity index (χ0) is 24.4. The van der Waals surface area contributed by atoms with Gasteiger partial charge < -0.3 is 10.2 Å². The van der Waals surface area contributed by atoms with E-state index in [0.29, 0.717) is 23.9 Å². The van der Waals surface area contributed by atoms with Crippen molar-refractivity contribution in [2.75, 3.05) is 0 Å². The Hall–Kier alpha value is -3.25. The predicted molar refractivity (Wildman–Crippen MR) is 118 cm³/mol. The van der Waals surface area contributed by atoms with Crippen molar-refractivity contribution >= 4 is 43.2 Å². The van der Waals surface area contributed by atoms with Crippen molar-refractivity contribution in [1.29, 1.82) is 0 Å². The van der Waals surface area contributed by atoms with Crippen molar-refractivity contribution in [3.8, 4) is 0 Å². The van der Waals surface area contributed by atoms with Crippen LogP contribution in [0.3, 0.4) is 0 Å². The van der Waals surface area contributed by atoms with E-state index in [1.165, 1.54) is 18.2 Å². The van der Waals surface area contributed by atoms with Gasteiger partial charge in [0.2, 0.25) is 15.8 Å². The lowest BCUT2D eigenvalue weighted by molar-refractivity contribution is -0.112. The minimum atomic E-state index is -4.25. The Bertz CT molecular complexity index is 1690. The first-order valence-corrected chi connectivity index (χ1v) is 12.1. The lowest BCUT2D eigenvalue weighted by Gasteiger charge is -2.34. The highest BCUT2D eigenvalue weighted by Gasteiger charge is 2.44. The maximum absolute atomic E-state index is 13.5. The van der Waals surface area contributed by atoms with E-state index in [1.54, 1.807) is 16.9 Å². The summed E-state index contributed by atoms with van der Waals surface area (Å²) in [6.07, 6.45) is 1.71. The molecule has 0 bridgehead atoms. The number of nitrogens with zero attached hydrogens (tertiary/aromatic N) is 3. The second kappa shape index (κ2) is 7.64. The van der Waals surface area contributed by atoms with Gasteiger partial charge in [-0.3, -0.25) is 9.48 Å². The van der Waals surface area contributed by atoms with Gasteiger partial charge in [0, 0.05) is 24.8 Å². The molecule has 0 radical (unpaired) electrons. The molecule has 0 amide bonds. The molecule has 2 N–H and O–H groups in total. The molecule has 5 rings (SSSR count). The lowest BCUT2D eigenvalue weighted by atomic mass is 9.79. The third-order valence-electron chi connectivity index (χ3n) is 6.09. The summed E-state index contributed by atoms with van der Waals surface area (Å²) in [4.78, 5) is 25.9. The van der Waals surface area contributed by atoms with Crippen molar-refractivity contribution in [3.05, 3.63) is 62.4 Å². The van der Waals surface area contributed by atoms with Crippen molar-refractivity contribution < 1.29 is 22.4 Å². The number of alkyl halides is 2. The number of H-pyrrole nitrogens is 1. The van der Waals surface area contributed by atoms with Crippen LogP contribution in [0.25, 0.3) is 21.8 Å². The summed E-state index contributed by atoms with van der Waals surface area (Å²) < 4.78 is 54.6. The molecule has 0 unspecified atom stereocenters. The van der Waals surface area contributed by atoms with E-state index in [4.69, 9.17) is 11.6 Å². The molecule has 2 heterocycles. The maximum Gasteiger partial charge on any atom is 0.362 e. The summed E-state index contributed by atoms with van der Waals surface area (Å²) >= 11 is 6.03. The normalized spacial score (nSPS) is 16.2. The fourth-order valence-corrected chi connectivity index (χ4v) is 5.96. The standard InChI is InChI=1S/C21H17ClF2N4O5S/c22-14-3-4-16(18-17(14)19(29)28(31)20(30)26-18)34(32,33)13-2-1-12-10-25-27(15(12)7-13)6-5-11-8-21(23,24)9-11/h1-4,7,10-11,31H,5-6,8-9H2,(H,26,30). The second-order valence-electron chi connectivity index (χ2n) is 8.35. The maximum atomic E-state index is 13.5. The first-order valence-electron chi connectivity index (χ1n) is 10.2. The fraction of sp³-hybridized carbons (Fsp3) is 0.286. The number of hydrogen-bond donors (Lipinski definition) is 2. The van der Waals surface area contributed by atoms with E-state index < -0.39 is 27.0 Å². The van der Waals surface area contributed by atoms with Gasteiger partial charge in [0.05, 0.1) is 37.4 Å². The van der Waals surface area contributed by atoms with E-state index in [-0.39, 0.29) is 49.2 Å². The molecule has 2 aromatic heterocycles. The summed E-state index contributed by atoms with van der Waals surface area (Å²) in [5, 5.41) is 14.0. The summed E-state index contributed by atoms with van der Waals surface area (Å²) in [7, 11) is -4.25. The molecule has 9 nitrogen and oxygen atoms in total. The Morgan fingerprint density at radius 2 is 1.94 bits per heavy atom. The van der Waals surface area contributed by atoms with Crippen molar-refractivity contribution in [2.24, 2.45) is 5.92 Å². The Labute approximate surface area is 195 Å². The summed E-state index contributed by atoms with van der Waals surface area (Å²) in [5.41, 5.74) is -2.20. The largest absolute Gasteiger partial charge is 0.421 e. The van der Waals surface area contributed by atoms with Gasteiger partial charge in [0.15, 0.2) is 0 Å². The summed E-state index contributed by atoms with van der Waals surface area (Å²) in [5.74, 6) is -2.73. The zero-order valence-electron chi connectivity index (χ0n) is 17.3. The molecule has 4 aromatic rings. The number of aromatic amines is 1. The smallest absolute Gasteiger partial charge is 0.362 e. The molecule has 0 spiro atoms. The highest BCUT2D eigenvalue weighted by atomic mass is 35.5. The Morgan fingerprint density at radius 1 is 1.21 bits per heavy atom. The molecule has 0 aliphatic heterocycles. The molecule has 178 valence electrons. The van der Waals surface area contributed by atoms with Crippen LogP contribution in [0.4, 0.5) is 8.78 Å². The molecule has 2 aromatic carbocycles. The Morgan fingerprint density at radius 3 is 2.65 bits per heavy atom. The number of sulfone groups is 1. The first kappa shape index (κ1) is 22.5. The average Bonchev–Trinajstić information content (AvgIpc) is 3.16. The van der Waals surface area contributed by atoms with Crippen molar-refractivity contribution in [1.82, 2.24) is 19.5 Å². The number of hydrogen-bond acceptors (Lipinski definition) is 6. The van der Waals surface area contributed by atoms with E-state index in [1.807, 2.05) is 0 Å². The molecule has 0 atom stereocenters. The van der Waals surface area contributed by atoms with Gasteiger partial charge in [-0.15, -0.1) is 0 Å². The lowest BCUT2D eigenvalue weighted by Crippen LogP contribution is -2.35. The third-order valence-corrected chi connectivity index (χ3v) is 8.20. The van der Waals surface area contributed by atoms with E-state index in [2.05, 4.69) is 10.1 Å². The molecule has 1 aliphatic carbocycles. The van der Waals surface area contributed by atoms with Gasteiger partial charge in [-0.25, -0.2) is 22.0 Å². The van der Waals surface area contributed by atoms with E-state index >= 15 is 0 Å². The van der Waals surface area contributed by atoms with Crippen LogP contribution in [0.2, 0.25) is 5.02 Å². The average molecular weight is 511 g/mol. The zero-order valence-corrected chi connectivity index (χ0v) is 18.9. The number of rotatable bonds is 5. The van der Waals surface area contributed by atoms with Gasteiger partial charge in [-0.05, 0) is 42.7 Å². The summed E-state index contributed by atoms with van der Waals surface area (Å²) in [6, 6.07) is 6.68. The second-order valence-corrected chi connectivity index (χ2v) is 10.7. The SMILES string of the molecule is O=c1[nH]c2c(S(=O)(=O)c3ccc4cnn(CCC5CC(F)(F)C5)c4c3)ccc(Cl)c2c(=O)n1O. The van der Waals surface area contributed by atoms with Gasteiger partial charge in [0.25, 0.3) is 5.56 Å². The highest BCUT2D eigenvalue weighted by molar-refractivity contribution is 7.91. The number of halogens is 3. The van der Waals surface area contributed by atoms with Crippen LogP contribution < -0.4 is 11.2 Å². The van der Waals surface area contributed by atoms with E-state index in [9.17, 15) is 32.0 Å². The number of benzene rings is 2. The van der Waals surface area contributed by atoms with Crippen LogP contribution in [0, 0.1) is 5.92 Å². The van der Waals surface area contributed by atoms with Crippen LogP contribution in [-0.4, -0.2) is 39.0 Å². The monoisotopic (exact) mass is 510 g/mol. The van der Waals surface area contributed by atoms with Crippen LogP contribution in [0.15, 0.2) is 55.9 Å². The molecule has 1 fully saturated rings. The molecule has 34 heavy (non-hydrogen) atoms. The molecule has 1 aliphatic rings. The molecule has 13 heteroatoms. The number of nitrogens with one attached hydrogen (secondary N) is 1. The number of fused-ring (bicyclic) bond motifs is 2. The van der Waals surface area contributed by atoms with E-state index in [0.717, 1.165) is 6.07 Å². The van der Waals surface area contributed by atoms with Gasteiger partial charge in [-0.2, -0.15) is 5.10 Å². The number of aryl methyl sites for hydroxylation is 1. The minimum absolute atomic E-state index is 0.117. The topological polar surface area (TPSA) is 127 Å². The van der Waals surface area contributed by atoms with Crippen molar-refractivity contribution in [2.45, 2.75) is 41.5 Å². The van der Waals surface area contributed by atoms with Crippen LogP contribution >= 0.6 is 11.6 Å². The van der Waals surface area contributed by atoms with Gasteiger partial charge in [-0.1, -0.05) is 16.3 Å². The van der Waals surface area contributed by atoms with Crippen LogP contribution in [0.1, 0.15) is 19.3 Å². The van der Waals surface area contributed by atoms with Gasteiger partial charge in [0.1, 0.15) is 0 Å². The number of aromatic nitrogens is 4. The molecular weight excluding hydrogens is 494 g/mol. The summed E-state index contributed by atoms with van der Waals surface area (Å²) in [6.45, 7) is 0.348. The van der Waals surface area contributed by atoms with Gasteiger partial charge >= 0.3 is 5.69 Å². The Kier molecular flexibility index (Phi) is 5.06. The first-order chi connectivity index (χ1) is 16.0. The quantitative estimate of drug-likeness (QED) is 0.397. The Balaban J connectivity index is 1.57. The van der Waals surface area contributed by atoms with Crippen molar-refractivity contribution in [3.63, 3.8) is 0 Å². The van der Waals surface area contributed by atoms with Crippen LogP contribution in [0.5, 0.6) is 0 Å². The van der Waals surface area contributed by atoms with Crippen LogP contribution in [-0.2, 0) is 16.4 Å². The predicted octanol–water partition coefficient (Wildman–Crippen LogP) is 3.20. The minimum Gasteiger partial charge on any atom is -0.421 e.